The van der Waals surface area contributed by atoms with Crippen LogP contribution in [0.2, 0.25) is 0 Å². The van der Waals surface area contributed by atoms with Gasteiger partial charge in [-0.25, -0.2) is 8.42 Å². The summed E-state index contributed by atoms with van der Waals surface area (Å²) in [4.78, 5) is 16.2. The Labute approximate surface area is 155 Å². The number of hydrogen-bond acceptors (Lipinski definition) is 4. The van der Waals surface area contributed by atoms with Gasteiger partial charge in [-0.15, -0.1) is 0 Å². The summed E-state index contributed by atoms with van der Waals surface area (Å²) in [6, 6.07) is 17.8. The van der Waals surface area contributed by atoms with Gasteiger partial charge in [-0.3, -0.25) is 4.79 Å². The molecular formula is C20H24N2O3S. The van der Waals surface area contributed by atoms with Crippen LogP contribution in [-0.4, -0.2) is 57.4 Å². The molecule has 0 N–H and O–H groups in total. The van der Waals surface area contributed by atoms with E-state index in [1.54, 1.807) is 11.9 Å². The summed E-state index contributed by atoms with van der Waals surface area (Å²) in [6.07, 6.45) is 0.523. The molecule has 1 saturated heterocycles. The average Bonchev–Trinajstić information content (AvgIpc) is 3.01. The minimum Gasteiger partial charge on any atom is -0.365 e. The topological polar surface area (TPSA) is 57.7 Å². The molecular weight excluding hydrogens is 348 g/mol. The van der Waals surface area contributed by atoms with Crippen molar-refractivity contribution in [3.8, 4) is 11.1 Å². The van der Waals surface area contributed by atoms with Gasteiger partial charge in [0.15, 0.2) is 9.84 Å². The van der Waals surface area contributed by atoms with Crippen molar-refractivity contribution in [2.45, 2.75) is 12.5 Å². The van der Waals surface area contributed by atoms with E-state index in [1.807, 2.05) is 66.5 Å². The largest absolute Gasteiger partial charge is 0.365 e. The minimum absolute atomic E-state index is 0.0690. The van der Waals surface area contributed by atoms with E-state index in [1.165, 1.54) is 0 Å². The van der Waals surface area contributed by atoms with Gasteiger partial charge in [0.05, 0.1) is 18.1 Å². The van der Waals surface area contributed by atoms with Gasteiger partial charge in [-0.05, 0) is 18.1 Å². The molecule has 0 saturated carbocycles. The predicted molar refractivity (Wildman–Crippen MR) is 105 cm³/mol. The lowest BCUT2D eigenvalue weighted by atomic mass is 10.0. The first-order valence-corrected chi connectivity index (χ1v) is 10.5. The molecule has 26 heavy (non-hydrogen) atoms. The molecule has 1 fully saturated rings. The number of amides is 1. The summed E-state index contributed by atoms with van der Waals surface area (Å²) in [6.45, 7) is 0.205. The van der Waals surface area contributed by atoms with Crippen LogP contribution in [0.4, 0.5) is 5.69 Å². The molecule has 5 nitrogen and oxygen atoms in total. The number of benzene rings is 2. The van der Waals surface area contributed by atoms with Gasteiger partial charge in [-0.2, -0.15) is 0 Å². The van der Waals surface area contributed by atoms with Crippen molar-refractivity contribution >= 4 is 21.4 Å². The normalized spacial score (nSPS) is 18.5. The zero-order valence-electron chi connectivity index (χ0n) is 15.1. The van der Waals surface area contributed by atoms with Crippen LogP contribution in [0, 0.1) is 0 Å². The summed E-state index contributed by atoms with van der Waals surface area (Å²) in [5.41, 5.74) is 3.13. The van der Waals surface area contributed by atoms with E-state index in [0.717, 1.165) is 16.8 Å². The Kier molecular flexibility index (Phi) is 5.32. The van der Waals surface area contributed by atoms with Gasteiger partial charge in [0.25, 0.3) is 0 Å². The van der Waals surface area contributed by atoms with E-state index in [4.69, 9.17) is 0 Å². The van der Waals surface area contributed by atoms with Gasteiger partial charge in [-0.1, -0.05) is 48.5 Å². The fourth-order valence-electron chi connectivity index (χ4n) is 3.35. The van der Waals surface area contributed by atoms with Crippen LogP contribution < -0.4 is 4.90 Å². The zero-order valence-corrected chi connectivity index (χ0v) is 15.9. The van der Waals surface area contributed by atoms with E-state index < -0.39 is 9.84 Å². The number of rotatable bonds is 5. The first-order valence-electron chi connectivity index (χ1n) is 8.69. The summed E-state index contributed by atoms with van der Waals surface area (Å²) in [7, 11) is 0.582. The predicted octanol–water partition coefficient (Wildman–Crippen LogP) is 2.44. The number of carbonyl (C=O) groups excluding carboxylic acids is 1. The molecule has 1 heterocycles. The van der Waals surface area contributed by atoms with E-state index >= 15 is 0 Å². The van der Waals surface area contributed by atoms with Gasteiger partial charge < -0.3 is 9.80 Å². The SMILES string of the molecule is CN(CC(=O)N(C)[C@@H]1CCS(=O)(=O)C1)c1ccccc1-c1ccccc1. The van der Waals surface area contributed by atoms with Crippen molar-refractivity contribution in [1.29, 1.82) is 0 Å². The molecule has 1 atom stereocenters. The molecule has 6 heteroatoms. The van der Waals surface area contributed by atoms with Crippen LogP contribution in [0.3, 0.4) is 0 Å². The molecule has 1 aliphatic heterocycles. The molecule has 0 aliphatic carbocycles. The van der Waals surface area contributed by atoms with Gasteiger partial charge in [0.2, 0.25) is 5.91 Å². The maximum atomic E-state index is 12.7. The minimum atomic E-state index is -3.00. The summed E-state index contributed by atoms with van der Waals surface area (Å²) in [5.74, 6) is 0.166. The number of likely N-dealkylation sites (N-methyl/N-ethyl adjacent to an activating group) is 2. The quantitative estimate of drug-likeness (QED) is 0.809. The van der Waals surface area contributed by atoms with Gasteiger partial charge in [0.1, 0.15) is 0 Å². The Morgan fingerprint density at radius 3 is 2.35 bits per heavy atom. The van der Waals surface area contributed by atoms with E-state index in [0.29, 0.717) is 6.42 Å². The summed E-state index contributed by atoms with van der Waals surface area (Å²) >= 11 is 0. The molecule has 2 aromatic carbocycles. The molecule has 0 spiro atoms. The maximum Gasteiger partial charge on any atom is 0.242 e. The zero-order chi connectivity index (χ0) is 18.7. The number of nitrogens with zero attached hydrogens (tertiary/aromatic N) is 2. The third-order valence-electron chi connectivity index (χ3n) is 4.92. The van der Waals surface area contributed by atoms with Crippen molar-refractivity contribution < 1.29 is 13.2 Å². The Morgan fingerprint density at radius 2 is 1.69 bits per heavy atom. The lowest BCUT2D eigenvalue weighted by Gasteiger charge is -2.28. The molecule has 0 radical (unpaired) electrons. The Hall–Kier alpha value is -2.34. The van der Waals surface area contributed by atoms with Crippen LogP contribution in [0.25, 0.3) is 11.1 Å². The number of carbonyl (C=O) groups is 1. The van der Waals surface area contributed by atoms with Crippen molar-refractivity contribution in [2.75, 3.05) is 37.0 Å². The van der Waals surface area contributed by atoms with Gasteiger partial charge in [0, 0.05) is 31.4 Å². The lowest BCUT2D eigenvalue weighted by Crippen LogP contribution is -2.43. The molecule has 1 aliphatic rings. The number of sulfone groups is 1. The standard InChI is InChI=1S/C20H24N2O3S/c1-21(14-20(23)22(2)17-12-13-26(24,25)15-17)19-11-7-6-10-18(19)16-8-4-3-5-9-16/h3-11,17H,12-15H2,1-2H3/t17-/m1/s1. The van der Waals surface area contributed by atoms with Gasteiger partial charge >= 0.3 is 0 Å². The fraction of sp³-hybridized carbons (Fsp3) is 0.350. The van der Waals surface area contributed by atoms with Crippen molar-refractivity contribution in [2.24, 2.45) is 0 Å². The molecule has 138 valence electrons. The van der Waals surface area contributed by atoms with Crippen molar-refractivity contribution in [3.05, 3.63) is 54.6 Å². The van der Waals surface area contributed by atoms with E-state index in [-0.39, 0.29) is 30.0 Å². The fourth-order valence-corrected chi connectivity index (χ4v) is 5.13. The van der Waals surface area contributed by atoms with Crippen LogP contribution in [0.5, 0.6) is 0 Å². The average molecular weight is 372 g/mol. The monoisotopic (exact) mass is 372 g/mol. The summed E-state index contributed by atoms with van der Waals surface area (Å²) < 4.78 is 23.3. The third kappa shape index (κ3) is 4.07. The Balaban J connectivity index is 1.74. The molecule has 2 aromatic rings. The second-order valence-electron chi connectivity index (χ2n) is 6.80. The Bertz CT molecular complexity index is 881. The van der Waals surface area contributed by atoms with E-state index in [2.05, 4.69) is 0 Å². The maximum absolute atomic E-state index is 12.7. The Morgan fingerprint density at radius 1 is 1.04 bits per heavy atom. The van der Waals surface area contributed by atoms with Crippen LogP contribution in [0.15, 0.2) is 54.6 Å². The molecule has 0 unspecified atom stereocenters. The van der Waals surface area contributed by atoms with Crippen molar-refractivity contribution in [3.63, 3.8) is 0 Å². The lowest BCUT2D eigenvalue weighted by molar-refractivity contribution is -0.130. The molecule has 3 rings (SSSR count). The number of anilines is 1. The van der Waals surface area contributed by atoms with E-state index in [9.17, 15) is 13.2 Å². The highest BCUT2D eigenvalue weighted by Crippen LogP contribution is 2.30. The first-order chi connectivity index (χ1) is 12.4. The smallest absolute Gasteiger partial charge is 0.242 e. The number of para-hydroxylation sites is 1. The van der Waals surface area contributed by atoms with Crippen LogP contribution in [0.1, 0.15) is 6.42 Å². The van der Waals surface area contributed by atoms with Crippen LogP contribution >= 0.6 is 0 Å². The highest BCUT2D eigenvalue weighted by molar-refractivity contribution is 7.91. The molecule has 1 amide bonds. The highest BCUT2D eigenvalue weighted by Gasteiger charge is 2.32. The summed E-state index contributed by atoms with van der Waals surface area (Å²) in [5, 5.41) is 0. The second kappa shape index (κ2) is 7.50. The van der Waals surface area contributed by atoms with Crippen molar-refractivity contribution in [1.82, 2.24) is 4.90 Å². The second-order valence-corrected chi connectivity index (χ2v) is 9.03. The number of hydrogen-bond donors (Lipinski definition) is 0. The molecule has 0 aromatic heterocycles. The third-order valence-corrected chi connectivity index (χ3v) is 6.67. The molecule has 0 bridgehead atoms. The highest BCUT2D eigenvalue weighted by atomic mass is 32.2. The first kappa shape index (κ1) is 18.5. The van der Waals surface area contributed by atoms with Crippen LogP contribution in [-0.2, 0) is 14.6 Å².